The van der Waals surface area contributed by atoms with Crippen molar-refractivity contribution in [2.75, 3.05) is 38.6 Å². The van der Waals surface area contributed by atoms with Crippen LogP contribution in [0, 0.1) is 11.2 Å². The lowest BCUT2D eigenvalue weighted by atomic mass is 9.57. The zero-order chi connectivity index (χ0) is 24.3. The van der Waals surface area contributed by atoms with Gasteiger partial charge in [0.15, 0.2) is 17.5 Å². The van der Waals surface area contributed by atoms with Gasteiger partial charge < -0.3 is 9.80 Å². The second-order valence-corrected chi connectivity index (χ2v) is 10.6. The normalized spacial score (nSPS) is 18.9. The predicted octanol–water partition coefficient (Wildman–Crippen LogP) is 2.64. The third-order valence-corrected chi connectivity index (χ3v) is 7.61. The molecule has 1 aliphatic carbocycles. The van der Waals surface area contributed by atoms with Gasteiger partial charge in [-0.2, -0.15) is 0 Å². The molecule has 3 aliphatic rings. The Morgan fingerprint density at radius 3 is 2.77 bits per heavy atom. The van der Waals surface area contributed by atoms with E-state index in [0.717, 1.165) is 48.8 Å². The van der Waals surface area contributed by atoms with E-state index in [9.17, 15) is 9.18 Å². The Balaban J connectivity index is 1.24. The Morgan fingerprint density at radius 2 is 2.03 bits per heavy atom. The van der Waals surface area contributed by atoms with Crippen LogP contribution >= 0.6 is 11.6 Å². The lowest BCUT2D eigenvalue weighted by Crippen LogP contribution is -2.62. The maximum Gasteiger partial charge on any atom is 0.236 e. The molecule has 35 heavy (non-hydrogen) atoms. The van der Waals surface area contributed by atoms with Crippen molar-refractivity contribution in [3.8, 4) is 5.69 Å². The Hall–Kier alpha value is -3.11. The van der Waals surface area contributed by atoms with Crippen molar-refractivity contribution in [1.82, 2.24) is 34.5 Å². The standard InChI is InChI=1S/C24H26ClFN8O/c1-31(2)21(35)11-32-9-15-5-17(25)3-4-19(15)34-20(10-32)29-30-22(34)16-6-24(7-16)12-33(13-24)23-18(26)8-27-14-28-23/h3-5,8,14,16H,6-7,9-13H2,1-2H3. The highest BCUT2D eigenvalue weighted by molar-refractivity contribution is 6.30. The van der Waals surface area contributed by atoms with Gasteiger partial charge in [-0.3, -0.25) is 14.3 Å². The fourth-order valence-corrected chi connectivity index (χ4v) is 5.87. The highest BCUT2D eigenvalue weighted by Crippen LogP contribution is 2.56. The lowest BCUT2D eigenvalue weighted by molar-refractivity contribution is -0.130. The number of amides is 1. The third kappa shape index (κ3) is 3.84. The quantitative estimate of drug-likeness (QED) is 0.549. The smallest absolute Gasteiger partial charge is 0.236 e. The third-order valence-electron chi connectivity index (χ3n) is 7.38. The van der Waals surface area contributed by atoms with E-state index >= 15 is 0 Å². The van der Waals surface area contributed by atoms with E-state index in [0.29, 0.717) is 30.5 Å². The van der Waals surface area contributed by atoms with Gasteiger partial charge in [-0.1, -0.05) is 11.6 Å². The first-order valence-corrected chi connectivity index (χ1v) is 12.1. The van der Waals surface area contributed by atoms with Crippen LogP contribution in [0.25, 0.3) is 5.69 Å². The highest BCUT2D eigenvalue weighted by Gasteiger charge is 2.54. The minimum Gasteiger partial charge on any atom is -0.353 e. The summed E-state index contributed by atoms with van der Waals surface area (Å²) in [7, 11) is 3.53. The predicted molar refractivity (Wildman–Crippen MR) is 128 cm³/mol. The van der Waals surface area contributed by atoms with E-state index in [4.69, 9.17) is 11.6 Å². The van der Waals surface area contributed by atoms with E-state index < -0.39 is 0 Å². The number of hydrogen-bond donors (Lipinski definition) is 0. The summed E-state index contributed by atoms with van der Waals surface area (Å²) in [5.41, 5.74) is 2.22. The maximum absolute atomic E-state index is 14.1. The van der Waals surface area contributed by atoms with E-state index in [1.807, 2.05) is 23.1 Å². The van der Waals surface area contributed by atoms with Crippen molar-refractivity contribution in [3.05, 3.63) is 58.8 Å². The molecule has 0 bridgehead atoms. The molecule has 0 radical (unpaired) electrons. The number of carbonyl (C=O) groups is 1. The average molecular weight is 497 g/mol. The minimum absolute atomic E-state index is 0.0392. The number of likely N-dealkylation sites (N-methyl/N-ethyl adjacent to an activating group) is 1. The van der Waals surface area contributed by atoms with Crippen LogP contribution in [0.2, 0.25) is 5.02 Å². The van der Waals surface area contributed by atoms with Crippen LogP contribution in [-0.2, 0) is 17.9 Å². The second-order valence-electron chi connectivity index (χ2n) is 10.2. The summed E-state index contributed by atoms with van der Waals surface area (Å²) in [5.74, 6) is 2.08. The molecule has 0 unspecified atom stereocenters. The fraction of sp³-hybridized carbons (Fsp3) is 0.458. The van der Waals surface area contributed by atoms with Crippen molar-refractivity contribution in [2.45, 2.75) is 31.8 Å². The van der Waals surface area contributed by atoms with Crippen LogP contribution < -0.4 is 4.90 Å². The van der Waals surface area contributed by atoms with Crippen molar-refractivity contribution in [3.63, 3.8) is 0 Å². The van der Waals surface area contributed by atoms with Gasteiger partial charge in [-0.15, -0.1) is 10.2 Å². The Kier molecular flexibility index (Phi) is 5.26. The summed E-state index contributed by atoms with van der Waals surface area (Å²) in [4.78, 5) is 25.9. The van der Waals surface area contributed by atoms with Crippen LogP contribution in [0.15, 0.2) is 30.7 Å². The average Bonchev–Trinajstić information content (AvgIpc) is 3.09. The number of aromatic nitrogens is 5. The summed E-state index contributed by atoms with van der Waals surface area (Å²) in [6, 6.07) is 5.87. The van der Waals surface area contributed by atoms with E-state index in [-0.39, 0.29) is 23.1 Å². The first-order valence-electron chi connectivity index (χ1n) is 11.7. The fourth-order valence-electron chi connectivity index (χ4n) is 5.68. The number of benzene rings is 1. The van der Waals surface area contributed by atoms with Crippen LogP contribution in [0.5, 0.6) is 0 Å². The summed E-state index contributed by atoms with van der Waals surface area (Å²) in [6.07, 6.45) is 4.54. The Morgan fingerprint density at radius 1 is 1.23 bits per heavy atom. The molecule has 6 rings (SSSR count). The molecule has 0 N–H and O–H groups in total. The highest BCUT2D eigenvalue weighted by atomic mass is 35.5. The molecule has 2 fully saturated rings. The zero-order valence-electron chi connectivity index (χ0n) is 19.7. The summed E-state index contributed by atoms with van der Waals surface area (Å²) < 4.78 is 16.2. The number of nitrogens with zero attached hydrogens (tertiary/aromatic N) is 8. The van der Waals surface area contributed by atoms with Gasteiger partial charge in [0.1, 0.15) is 12.2 Å². The first-order chi connectivity index (χ1) is 16.8. The number of halogens is 2. The van der Waals surface area contributed by atoms with Gasteiger partial charge >= 0.3 is 0 Å². The largest absolute Gasteiger partial charge is 0.353 e. The van der Waals surface area contributed by atoms with Gasteiger partial charge in [0.25, 0.3) is 0 Å². The number of anilines is 1. The van der Waals surface area contributed by atoms with Gasteiger partial charge in [0.2, 0.25) is 5.91 Å². The van der Waals surface area contributed by atoms with Crippen molar-refractivity contribution in [2.24, 2.45) is 5.41 Å². The van der Waals surface area contributed by atoms with Crippen LogP contribution in [0.1, 0.15) is 36.0 Å². The monoisotopic (exact) mass is 496 g/mol. The lowest BCUT2D eigenvalue weighted by Gasteiger charge is -2.59. The van der Waals surface area contributed by atoms with Gasteiger partial charge in [0, 0.05) is 50.1 Å². The molecule has 1 saturated carbocycles. The molecule has 2 aromatic heterocycles. The molecule has 9 nitrogen and oxygen atoms in total. The molecule has 4 heterocycles. The summed E-state index contributed by atoms with van der Waals surface area (Å²) in [6.45, 7) is 2.99. The van der Waals surface area contributed by atoms with Crippen molar-refractivity contribution < 1.29 is 9.18 Å². The molecule has 1 saturated heterocycles. The zero-order valence-corrected chi connectivity index (χ0v) is 20.4. The van der Waals surface area contributed by atoms with E-state index in [1.54, 1.807) is 19.0 Å². The molecule has 182 valence electrons. The number of fused-ring (bicyclic) bond motifs is 3. The molecule has 1 amide bonds. The molecular weight excluding hydrogens is 471 g/mol. The number of rotatable bonds is 4. The molecule has 11 heteroatoms. The summed E-state index contributed by atoms with van der Waals surface area (Å²) >= 11 is 6.34. The van der Waals surface area contributed by atoms with E-state index in [2.05, 4.69) is 29.6 Å². The van der Waals surface area contributed by atoms with Crippen molar-refractivity contribution >= 4 is 23.3 Å². The topological polar surface area (TPSA) is 83.3 Å². The minimum atomic E-state index is -0.381. The molecule has 3 aromatic rings. The second kappa shape index (κ2) is 8.23. The molecule has 2 aliphatic heterocycles. The van der Waals surface area contributed by atoms with Crippen LogP contribution in [0.4, 0.5) is 10.2 Å². The molecular formula is C24H26ClFN8O. The Labute approximate surface area is 207 Å². The molecule has 0 atom stereocenters. The SMILES string of the molecule is CN(C)C(=O)CN1Cc2cc(Cl)ccc2-n2c(nnc2C2CC3(C2)CN(c2ncncc2F)C3)C1. The number of hydrogen-bond acceptors (Lipinski definition) is 7. The van der Waals surface area contributed by atoms with Crippen LogP contribution in [-0.4, -0.2) is 74.2 Å². The Bertz CT molecular complexity index is 1300. The first kappa shape index (κ1) is 22.4. The summed E-state index contributed by atoms with van der Waals surface area (Å²) in [5, 5.41) is 9.82. The molecule has 1 spiro atoms. The van der Waals surface area contributed by atoms with Gasteiger partial charge in [-0.25, -0.2) is 14.4 Å². The number of carbonyl (C=O) groups excluding carboxylic acids is 1. The van der Waals surface area contributed by atoms with Gasteiger partial charge in [0.05, 0.1) is 25.0 Å². The van der Waals surface area contributed by atoms with E-state index in [1.165, 1.54) is 12.5 Å². The van der Waals surface area contributed by atoms with Gasteiger partial charge in [-0.05, 0) is 36.6 Å². The molecule has 1 aromatic carbocycles. The van der Waals surface area contributed by atoms with Crippen LogP contribution in [0.3, 0.4) is 0 Å². The van der Waals surface area contributed by atoms with Crippen molar-refractivity contribution in [1.29, 1.82) is 0 Å². The maximum atomic E-state index is 14.1.